The van der Waals surface area contributed by atoms with Crippen LogP contribution in [0.5, 0.6) is 0 Å². The first-order chi connectivity index (χ1) is 7.42. The molecule has 1 unspecified atom stereocenters. The van der Waals surface area contributed by atoms with Crippen molar-refractivity contribution in [1.82, 2.24) is 4.90 Å². The zero-order valence-electron chi connectivity index (χ0n) is 10.9. The molecule has 0 aromatic carbocycles. The van der Waals surface area contributed by atoms with Crippen LogP contribution in [0.2, 0.25) is 0 Å². The molecule has 0 fully saturated rings. The summed E-state index contributed by atoms with van der Waals surface area (Å²) in [5.74, 6) is -0.0832. The van der Waals surface area contributed by atoms with Gasteiger partial charge in [0.1, 0.15) is 0 Å². The maximum atomic E-state index is 11.8. The summed E-state index contributed by atoms with van der Waals surface area (Å²) in [5, 5.41) is 0. The molecule has 0 spiro atoms. The van der Waals surface area contributed by atoms with E-state index in [2.05, 4.69) is 4.74 Å². The van der Waals surface area contributed by atoms with E-state index < -0.39 is 0 Å². The van der Waals surface area contributed by atoms with E-state index in [4.69, 9.17) is 0 Å². The average molecular weight is 229 g/mol. The number of hydrogen-bond acceptors (Lipinski definition) is 3. The fourth-order valence-electron chi connectivity index (χ4n) is 1.49. The van der Waals surface area contributed by atoms with Gasteiger partial charge in [-0.2, -0.15) is 0 Å². The number of carbonyl (C=O) groups excluding carboxylic acids is 2. The zero-order chi connectivity index (χ0) is 12.7. The lowest BCUT2D eigenvalue weighted by molar-refractivity contribution is -0.146. The lowest BCUT2D eigenvalue weighted by atomic mass is 10.1. The van der Waals surface area contributed by atoms with Gasteiger partial charge in [-0.05, 0) is 12.8 Å². The summed E-state index contributed by atoms with van der Waals surface area (Å²) >= 11 is 0. The second-order valence-electron chi connectivity index (χ2n) is 4.45. The summed E-state index contributed by atoms with van der Waals surface area (Å²) in [4.78, 5) is 24.8. The number of methoxy groups -OCH3 is 1. The number of carbonyl (C=O) groups is 2. The van der Waals surface area contributed by atoms with Crippen molar-refractivity contribution in [2.24, 2.45) is 11.8 Å². The maximum Gasteiger partial charge on any atom is 0.310 e. The summed E-state index contributed by atoms with van der Waals surface area (Å²) in [5.41, 5.74) is 0. The van der Waals surface area contributed by atoms with E-state index in [1.807, 2.05) is 20.8 Å². The van der Waals surface area contributed by atoms with Gasteiger partial charge in [0.05, 0.1) is 13.0 Å². The van der Waals surface area contributed by atoms with Crippen LogP contribution >= 0.6 is 0 Å². The van der Waals surface area contributed by atoms with Gasteiger partial charge in [0.15, 0.2) is 0 Å². The Bertz CT molecular complexity index is 238. The van der Waals surface area contributed by atoms with Gasteiger partial charge < -0.3 is 9.64 Å². The van der Waals surface area contributed by atoms with Gasteiger partial charge >= 0.3 is 5.97 Å². The summed E-state index contributed by atoms with van der Waals surface area (Å²) in [7, 11) is 1.37. The molecule has 0 bridgehead atoms. The molecule has 0 rings (SSSR count). The Morgan fingerprint density at radius 3 is 2.19 bits per heavy atom. The number of esters is 1. The number of amides is 1. The molecule has 0 heterocycles. The fraction of sp³-hybridized carbons (Fsp3) is 0.833. The monoisotopic (exact) mass is 229 g/mol. The van der Waals surface area contributed by atoms with Gasteiger partial charge in [0.25, 0.3) is 0 Å². The highest BCUT2D eigenvalue weighted by molar-refractivity contribution is 5.78. The van der Waals surface area contributed by atoms with E-state index in [0.29, 0.717) is 25.4 Å². The molecule has 1 atom stereocenters. The normalized spacial score (nSPS) is 12.4. The van der Waals surface area contributed by atoms with Crippen LogP contribution in [-0.4, -0.2) is 37.0 Å². The number of ether oxygens (including phenoxy) is 1. The summed E-state index contributed by atoms with van der Waals surface area (Å²) < 4.78 is 4.64. The highest BCUT2D eigenvalue weighted by atomic mass is 16.5. The van der Waals surface area contributed by atoms with Gasteiger partial charge in [0, 0.05) is 19.5 Å². The van der Waals surface area contributed by atoms with Crippen LogP contribution < -0.4 is 0 Å². The van der Waals surface area contributed by atoms with Crippen molar-refractivity contribution in [1.29, 1.82) is 0 Å². The van der Waals surface area contributed by atoms with Crippen molar-refractivity contribution in [2.75, 3.05) is 20.2 Å². The molecule has 94 valence electrons. The van der Waals surface area contributed by atoms with E-state index >= 15 is 0 Å². The van der Waals surface area contributed by atoms with Crippen molar-refractivity contribution in [3.63, 3.8) is 0 Å². The summed E-state index contributed by atoms with van der Waals surface area (Å²) in [6.45, 7) is 8.78. The predicted octanol–water partition coefficient (Wildman–Crippen LogP) is 1.69. The Balaban J connectivity index is 4.29. The van der Waals surface area contributed by atoms with E-state index in [0.717, 1.165) is 0 Å². The van der Waals surface area contributed by atoms with Crippen LogP contribution in [0.25, 0.3) is 0 Å². The summed E-state index contributed by atoms with van der Waals surface area (Å²) in [6, 6.07) is 0. The number of hydrogen-bond donors (Lipinski definition) is 0. The molecule has 0 aliphatic heterocycles. The predicted molar refractivity (Wildman–Crippen MR) is 62.9 cm³/mol. The molecule has 0 saturated carbocycles. The Kier molecular flexibility index (Phi) is 6.77. The molecule has 1 amide bonds. The van der Waals surface area contributed by atoms with Crippen molar-refractivity contribution >= 4 is 11.9 Å². The molecule has 0 aromatic heterocycles. The largest absolute Gasteiger partial charge is 0.469 e. The Hall–Kier alpha value is -1.06. The van der Waals surface area contributed by atoms with Crippen LogP contribution in [0.15, 0.2) is 0 Å². The van der Waals surface area contributed by atoms with Crippen LogP contribution in [0, 0.1) is 11.8 Å². The number of nitrogens with zero attached hydrogens (tertiary/aromatic N) is 1. The van der Waals surface area contributed by atoms with E-state index in [1.54, 1.807) is 11.8 Å². The maximum absolute atomic E-state index is 11.8. The Morgan fingerprint density at radius 1 is 1.25 bits per heavy atom. The molecule has 4 heteroatoms. The molecule has 0 aromatic rings. The number of rotatable bonds is 6. The lowest BCUT2D eigenvalue weighted by Gasteiger charge is -2.24. The van der Waals surface area contributed by atoms with Crippen molar-refractivity contribution < 1.29 is 14.3 Å². The fourth-order valence-corrected chi connectivity index (χ4v) is 1.49. The van der Waals surface area contributed by atoms with Gasteiger partial charge in [-0.15, -0.1) is 0 Å². The first-order valence-corrected chi connectivity index (χ1v) is 5.77. The summed E-state index contributed by atoms with van der Waals surface area (Å²) in [6.07, 6.45) is 0.529. The third kappa shape index (κ3) is 5.14. The topological polar surface area (TPSA) is 46.6 Å². The van der Waals surface area contributed by atoms with Crippen LogP contribution in [0.3, 0.4) is 0 Å². The minimum Gasteiger partial charge on any atom is -0.469 e. The lowest BCUT2D eigenvalue weighted by Crippen LogP contribution is -2.37. The second-order valence-corrected chi connectivity index (χ2v) is 4.45. The highest BCUT2D eigenvalue weighted by Gasteiger charge is 2.20. The van der Waals surface area contributed by atoms with Gasteiger partial charge in [-0.1, -0.05) is 20.8 Å². The van der Waals surface area contributed by atoms with Crippen molar-refractivity contribution in [3.05, 3.63) is 0 Å². The zero-order valence-corrected chi connectivity index (χ0v) is 10.9. The molecule has 0 aliphatic rings. The minimum atomic E-state index is -0.268. The molecular weight excluding hydrogens is 206 g/mol. The second kappa shape index (κ2) is 7.25. The molecule has 0 aliphatic carbocycles. The first kappa shape index (κ1) is 14.9. The van der Waals surface area contributed by atoms with Gasteiger partial charge in [-0.25, -0.2) is 0 Å². The first-order valence-electron chi connectivity index (χ1n) is 5.77. The molecule has 4 nitrogen and oxygen atoms in total. The molecule has 16 heavy (non-hydrogen) atoms. The van der Waals surface area contributed by atoms with Crippen LogP contribution in [0.1, 0.15) is 34.1 Å². The Morgan fingerprint density at radius 2 is 1.81 bits per heavy atom. The third-order valence-corrected chi connectivity index (χ3v) is 2.42. The average Bonchev–Trinajstić information content (AvgIpc) is 2.23. The minimum absolute atomic E-state index is 0.105. The third-order valence-electron chi connectivity index (χ3n) is 2.42. The van der Waals surface area contributed by atoms with E-state index in [1.165, 1.54) is 7.11 Å². The van der Waals surface area contributed by atoms with Crippen LogP contribution in [-0.2, 0) is 14.3 Å². The SMILES string of the molecule is CCN(CC(C)C(=O)OC)C(=O)CC(C)C. The van der Waals surface area contributed by atoms with E-state index in [-0.39, 0.29) is 17.8 Å². The molecule has 0 N–H and O–H groups in total. The van der Waals surface area contributed by atoms with Crippen LogP contribution in [0.4, 0.5) is 0 Å². The smallest absolute Gasteiger partial charge is 0.310 e. The molecular formula is C12H23NO3. The van der Waals surface area contributed by atoms with Crippen molar-refractivity contribution in [3.8, 4) is 0 Å². The van der Waals surface area contributed by atoms with Crippen molar-refractivity contribution in [2.45, 2.75) is 34.1 Å². The van der Waals surface area contributed by atoms with Gasteiger partial charge in [-0.3, -0.25) is 9.59 Å². The van der Waals surface area contributed by atoms with E-state index in [9.17, 15) is 9.59 Å². The molecule has 0 radical (unpaired) electrons. The standard InChI is InChI=1S/C12H23NO3/c1-6-13(11(14)7-9(2)3)8-10(4)12(15)16-5/h9-10H,6-8H2,1-5H3. The quantitative estimate of drug-likeness (QED) is 0.651. The molecule has 0 saturated heterocycles. The Labute approximate surface area is 98.0 Å². The van der Waals surface area contributed by atoms with Gasteiger partial charge in [0.2, 0.25) is 5.91 Å². The highest BCUT2D eigenvalue weighted by Crippen LogP contribution is 2.08.